The molecule has 1 saturated heterocycles. The Morgan fingerprint density at radius 2 is 1.81 bits per heavy atom. The number of hydrogen-bond donors (Lipinski definition) is 3. The van der Waals surface area contributed by atoms with Gasteiger partial charge in [-0.1, -0.05) is 29.8 Å². The number of nitrogens with zero attached hydrogens (tertiary/aromatic N) is 1. The van der Waals surface area contributed by atoms with Crippen molar-refractivity contribution in [3.63, 3.8) is 0 Å². The van der Waals surface area contributed by atoms with Crippen LogP contribution in [-0.4, -0.2) is 52.3 Å². The highest BCUT2D eigenvalue weighted by Gasteiger charge is 2.45. The van der Waals surface area contributed by atoms with E-state index in [-0.39, 0.29) is 24.7 Å². The Hall–Kier alpha value is -3.39. The highest BCUT2D eigenvalue weighted by molar-refractivity contribution is 6.30. The van der Waals surface area contributed by atoms with E-state index in [1.807, 2.05) is 18.2 Å². The lowest BCUT2D eigenvalue weighted by molar-refractivity contribution is -0.139. The molecule has 0 bridgehead atoms. The first-order valence-corrected chi connectivity index (χ1v) is 10.2. The van der Waals surface area contributed by atoms with Gasteiger partial charge in [-0.05, 0) is 41.8 Å². The summed E-state index contributed by atoms with van der Waals surface area (Å²) >= 11 is 5.95. The Kier molecular flexibility index (Phi) is 5.65. The van der Waals surface area contributed by atoms with Crippen molar-refractivity contribution in [1.29, 1.82) is 0 Å². The molecule has 1 fully saturated rings. The van der Waals surface area contributed by atoms with E-state index < -0.39 is 24.0 Å². The van der Waals surface area contributed by atoms with E-state index in [1.165, 1.54) is 4.90 Å². The Morgan fingerprint density at radius 1 is 1.10 bits per heavy atom. The van der Waals surface area contributed by atoms with Gasteiger partial charge in [0.1, 0.15) is 6.04 Å². The fourth-order valence-corrected chi connectivity index (χ4v) is 4.13. The van der Waals surface area contributed by atoms with Crippen molar-refractivity contribution in [3.8, 4) is 11.1 Å². The molecule has 2 atom stereocenters. The van der Waals surface area contributed by atoms with Crippen molar-refractivity contribution in [2.45, 2.75) is 31.3 Å². The number of carbonyl (C=O) groups excluding carboxylic acids is 3. The minimum atomic E-state index is -1.07. The zero-order valence-corrected chi connectivity index (χ0v) is 17.2. The van der Waals surface area contributed by atoms with Crippen LogP contribution in [0.3, 0.4) is 0 Å². The average molecular weight is 442 g/mol. The molecule has 4 rings (SSSR count). The summed E-state index contributed by atoms with van der Waals surface area (Å²) in [6, 6.07) is 11.1. The normalized spacial score (nSPS) is 19.8. The van der Waals surface area contributed by atoms with Gasteiger partial charge in [-0.3, -0.25) is 19.2 Å². The maximum atomic E-state index is 13.3. The minimum absolute atomic E-state index is 0.182. The highest BCUT2D eigenvalue weighted by atomic mass is 35.5. The standard InChI is InChI=1S/C22H20ClN3O5/c23-14-4-1-12(2-5-14)13-3-6-16-15(11-13)22(31)26-10-9-17(20(26)21(30)25-16)24-18(27)7-8-19(28)29/h1-6,11,17,20H,7-10H2,(H,24,27)(H,25,30)(H,28,29)/t17-,20-/m0/s1. The molecule has 31 heavy (non-hydrogen) atoms. The summed E-state index contributed by atoms with van der Waals surface area (Å²) in [7, 11) is 0. The summed E-state index contributed by atoms with van der Waals surface area (Å²) in [5.41, 5.74) is 2.49. The van der Waals surface area contributed by atoms with Gasteiger partial charge in [0.2, 0.25) is 11.8 Å². The largest absolute Gasteiger partial charge is 0.481 e. The minimum Gasteiger partial charge on any atom is -0.481 e. The number of aliphatic carboxylic acids is 1. The highest BCUT2D eigenvalue weighted by Crippen LogP contribution is 2.32. The maximum absolute atomic E-state index is 13.3. The van der Waals surface area contributed by atoms with Crippen LogP contribution in [0.5, 0.6) is 0 Å². The zero-order chi connectivity index (χ0) is 22.1. The van der Waals surface area contributed by atoms with E-state index in [0.717, 1.165) is 11.1 Å². The van der Waals surface area contributed by atoms with Gasteiger partial charge in [-0.2, -0.15) is 0 Å². The van der Waals surface area contributed by atoms with Crippen molar-refractivity contribution < 1.29 is 24.3 Å². The Labute approximate surface area is 183 Å². The first-order chi connectivity index (χ1) is 14.8. The van der Waals surface area contributed by atoms with E-state index in [1.54, 1.807) is 24.3 Å². The van der Waals surface area contributed by atoms with Gasteiger partial charge in [0.15, 0.2) is 0 Å². The fourth-order valence-electron chi connectivity index (χ4n) is 4.01. The van der Waals surface area contributed by atoms with Crippen LogP contribution in [0, 0.1) is 0 Å². The van der Waals surface area contributed by atoms with E-state index in [0.29, 0.717) is 29.2 Å². The monoisotopic (exact) mass is 441 g/mol. The van der Waals surface area contributed by atoms with Crippen molar-refractivity contribution in [1.82, 2.24) is 10.2 Å². The third kappa shape index (κ3) is 4.25. The molecule has 2 aliphatic rings. The number of carboxylic acid groups (broad SMARTS) is 1. The molecule has 160 valence electrons. The van der Waals surface area contributed by atoms with Gasteiger partial charge in [0.25, 0.3) is 5.91 Å². The second-order valence-corrected chi connectivity index (χ2v) is 7.99. The first-order valence-electron chi connectivity index (χ1n) is 9.86. The van der Waals surface area contributed by atoms with Crippen LogP contribution in [0.15, 0.2) is 42.5 Å². The molecule has 0 aromatic heterocycles. The number of amides is 3. The van der Waals surface area contributed by atoms with E-state index in [2.05, 4.69) is 10.6 Å². The molecule has 3 N–H and O–H groups in total. The smallest absolute Gasteiger partial charge is 0.303 e. The molecule has 0 unspecified atom stereocenters. The van der Waals surface area contributed by atoms with Crippen LogP contribution in [0.2, 0.25) is 5.02 Å². The summed E-state index contributed by atoms with van der Waals surface area (Å²) in [4.78, 5) is 50.4. The lowest BCUT2D eigenvalue weighted by Crippen LogP contribution is -2.51. The Morgan fingerprint density at radius 3 is 2.52 bits per heavy atom. The molecule has 9 heteroatoms. The summed E-state index contributed by atoms with van der Waals surface area (Å²) in [6.45, 7) is 0.311. The maximum Gasteiger partial charge on any atom is 0.303 e. The molecular formula is C22H20ClN3O5. The number of carbonyl (C=O) groups is 4. The summed E-state index contributed by atoms with van der Waals surface area (Å²) < 4.78 is 0. The molecule has 0 spiro atoms. The number of halogens is 1. The van der Waals surface area contributed by atoms with Gasteiger partial charge in [0, 0.05) is 18.0 Å². The summed E-state index contributed by atoms with van der Waals surface area (Å²) in [6.07, 6.45) is -0.0649. The third-order valence-electron chi connectivity index (χ3n) is 5.53. The van der Waals surface area contributed by atoms with Gasteiger partial charge in [-0.25, -0.2) is 0 Å². The second-order valence-electron chi connectivity index (χ2n) is 7.56. The lowest BCUT2D eigenvalue weighted by Gasteiger charge is -2.24. The number of hydrogen-bond acceptors (Lipinski definition) is 4. The van der Waals surface area contributed by atoms with Crippen LogP contribution in [0.1, 0.15) is 29.6 Å². The lowest BCUT2D eigenvalue weighted by atomic mass is 10.0. The van der Waals surface area contributed by atoms with Crippen LogP contribution in [-0.2, 0) is 14.4 Å². The topological polar surface area (TPSA) is 116 Å². The van der Waals surface area contributed by atoms with Crippen LogP contribution >= 0.6 is 11.6 Å². The molecule has 0 aliphatic carbocycles. The summed E-state index contributed by atoms with van der Waals surface area (Å²) in [5, 5.41) is 14.9. The third-order valence-corrected chi connectivity index (χ3v) is 5.78. The molecule has 2 aliphatic heterocycles. The number of carboxylic acids is 1. The average Bonchev–Trinajstić information content (AvgIpc) is 3.12. The second kappa shape index (κ2) is 8.39. The van der Waals surface area contributed by atoms with Crippen LogP contribution in [0.25, 0.3) is 11.1 Å². The van der Waals surface area contributed by atoms with Crippen LogP contribution in [0.4, 0.5) is 5.69 Å². The Bertz CT molecular complexity index is 1070. The molecule has 2 aromatic carbocycles. The SMILES string of the molecule is O=C(O)CCC(=O)N[C@H]1CCN2C(=O)c3cc(-c4ccc(Cl)cc4)ccc3NC(=O)[C@H]12. The molecule has 2 aromatic rings. The van der Waals surface area contributed by atoms with Crippen LogP contribution < -0.4 is 10.6 Å². The van der Waals surface area contributed by atoms with Gasteiger partial charge < -0.3 is 20.6 Å². The van der Waals surface area contributed by atoms with Crippen molar-refractivity contribution in [3.05, 3.63) is 53.1 Å². The van der Waals surface area contributed by atoms with E-state index >= 15 is 0 Å². The molecule has 8 nitrogen and oxygen atoms in total. The fraction of sp³-hybridized carbons (Fsp3) is 0.273. The number of fused-ring (bicyclic) bond motifs is 2. The number of anilines is 1. The Balaban J connectivity index is 1.58. The van der Waals surface area contributed by atoms with Gasteiger partial charge in [-0.15, -0.1) is 0 Å². The number of rotatable bonds is 5. The van der Waals surface area contributed by atoms with Gasteiger partial charge in [0.05, 0.1) is 23.7 Å². The van der Waals surface area contributed by atoms with Crippen molar-refractivity contribution in [2.75, 3.05) is 11.9 Å². The van der Waals surface area contributed by atoms with Gasteiger partial charge >= 0.3 is 5.97 Å². The predicted molar refractivity (Wildman–Crippen MR) is 114 cm³/mol. The molecule has 3 amide bonds. The first kappa shape index (κ1) is 20.9. The molecular weight excluding hydrogens is 422 g/mol. The van der Waals surface area contributed by atoms with Crippen molar-refractivity contribution in [2.24, 2.45) is 0 Å². The zero-order valence-electron chi connectivity index (χ0n) is 16.4. The molecule has 0 saturated carbocycles. The molecule has 2 heterocycles. The van der Waals surface area contributed by atoms with E-state index in [9.17, 15) is 19.2 Å². The van der Waals surface area contributed by atoms with E-state index in [4.69, 9.17) is 16.7 Å². The quantitative estimate of drug-likeness (QED) is 0.659. The van der Waals surface area contributed by atoms with Crippen molar-refractivity contribution >= 4 is 41.0 Å². The predicted octanol–water partition coefficient (Wildman–Crippen LogP) is 2.52. The molecule has 0 radical (unpaired) electrons. The number of benzene rings is 2. The summed E-state index contributed by atoms with van der Waals surface area (Å²) in [5.74, 6) is -2.21. The number of nitrogens with one attached hydrogen (secondary N) is 2.